The number of hydrogen-bond donors (Lipinski definition) is 3. The molecule has 184 valence electrons. The number of aryl methyl sites for hydroxylation is 1. The summed E-state index contributed by atoms with van der Waals surface area (Å²) in [6, 6.07) is 14.3. The maximum absolute atomic E-state index is 13.2. The first kappa shape index (κ1) is 25.0. The van der Waals surface area contributed by atoms with Crippen LogP contribution in [0.15, 0.2) is 54.7 Å². The van der Waals surface area contributed by atoms with Gasteiger partial charge in [-0.25, -0.2) is 4.98 Å². The summed E-state index contributed by atoms with van der Waals surface area (Å²) in [5.74, 6) is 0.0915. The van der Waals surface area contributed by atoms with Crippen molar-refractivity contribution in [2.45, 2.75) is 25.4 Å². The van der Waals surface area contributed by atoms with E-state index in [1.165, 1.54) is 6.07 Å². The van der Waals surface area contributed by atoms with Crippen molar-refractivity contribution in [3.63, 3.8) is 0 Å². The number of pyridine rings is 1. The Morgan fingerprint density at radius 3 is 2.60 bits per heavy atom. The van der Waals surface area contributed by atoms with Gasteiger partial charge in [-0.15, -0.1) is 0 Å². The molecule has 1 aliphatic rings. The second kappa shape index (κ2) is 12.1. The lowest BCUT2D eigenvalue weighted by Gasteiger charge is -2.29. The van der Waals surface area contributed by atoms with Gasteiger partial charge in [0.05, 0.1) is 18.2 Å². The standard InChI is InChI=1S/C25H27Cl2N5O3/c26-19-15-21(30-22(19)27)25(34)31-20(9-8-17-5-2-1-3-6-17)24(33)29-16-18-7-4-10-28-23(18)32-11-13-35-14-12-32/h1-7,10,15,20,30H,8-9,11-14,16H2,(H,29,33)(H,31,34). The summed E-state index contributed by atoms with van der Waals surface area (Å²) in [5.41, 5.74) is 2.17. The summed E-state index contributed by atoms with van der Waals surface area (Å²) >= 11 is 11.9. The molecule has 3 aromatic rings. The van der Waals surface area contributed by atoms with Gasteiger partial charge in [-0.1, -0.05) is 59.6 Å². The number of hydrogen-bond acceptors (Lipinski definition) is 5. The van der Waals surface area contributed by atoms with Crippen LogP contribution in [-0.4, -0.2) is 54.1 Å². The van der Waals surface area contributed by atoms with Gasteiger partial charge in [0.1, 0.15) is 22.7 Å². The molecule has 1 atom stereocenters. The molecule has 1 aromatic carbocycles. The van der Waals surface area contributed by atoms with E-state index in [1.54, 1.807) is 6.20 Å². The number of anilines is 1. The van der Waals surface area contributed by atoms with Crippen LogP contribution in [-0.2, 0) is 22.5 Å². The summed E-state index contributed by atoms with van der Waals surface area (Å²) < 4.78 is 5.44. The highest BCUT2D eigenvalue weighted by molar-refractivity contribution is 6.41. The molecule has 0 spiro atoms. The number of carbonyl (C=O) groups excluding carboxylic acids is 2. The van der Waals surface area contributed by atoms with Crippen LogP contribution in [0.1, 0.15) is 28.0 Å². The van der Waals surface area contributed by atoms with Crippen LogP contribution >= 0.6 is 23.2 Å². The van der Waals surface area contributed by atoms with Gasteiger partial charge in [0.2, 0.25) is 5.91 Å². The zero-order valence-corrected chi connectivity index (χ0v) is 20.6. The first-order valence-electron chi connectivity index (χ1n) is 11.4. The van der Waals surface area contributed by atoms with Crippen molar-refractivity contribution in [1.82, 2.24) is 20.6 Å². The number of carbonyl (C=O) groups is 2. The monoisotopic (exact) mass is 515 g/mol. The SMILES string of the molecule is O=C(NC(CCc1ccccc1)C(=O)NCc1cccnc1N1CCOCC1)c1cc(Cl)c(Cl)[nH]1. The number of rotatable bonds is 9. The minimum atomic E-state index is -0.757. The number of amides is 2. The van der Waals surface area contributed by atoms with Gasteiger partial charge in [0.15, 0.2) is 0 Å². The molecule has 8 nitrogen and oxygen atoms in total. The highest BCUT2D eigenvalue weighted by Crippen LogP contribution is 2.22. The first-order chi connectivity index (χ1) is 17.0. The van der Waals surface area contributed by atoms with E-state index in [1.807, 2.05) is 42.5 Å². The molecule has 0 saturated carbocycles. The molecule has 1 aliphatic heterocycles. The topological polar surface area (TPSA) is 99.3 Å². The number of morpholine rings is 1. The molecule has 4 rings (SSSR count). The summed E-state index contributed by atoms with van der Waals surface area (Å²) in [6.45, 7) is 3.06. The fourth-order valence-corrected chi connectivity index (χ4v) is 4.23. The van der Waals surface area contributed by atoms with Crippen LogP contribution in [0.4, 0.5) is 5.82 Å². The van der Waals surface area contributed by atoms with Crippen LogP contribution in [0.5, 0.6) is 0 Å². The highest BCUT2D eigenvalue weighted by atomic mass is 35.5. The van der Waals surface area contributed by atoms with Crippen molar-refractivity contribution in [3.8, 4) is 0 Å². The maximum atomic E-state index is 13.2. The molecule has 0 radical (unpaired) electrons. The van der Waals surface area contributed by atoms with Gasteiger partial charge >= 0.3 is 0 Å². The number of ether oxygens (including phenoxy) is 1. The van der Waals surface area contributed by atoms with E-state index in [2.05, 4.69) is 25.5 Å². The normalized spacial score (nSPS) is 14.4. The van der Waals surface area contributed by atoms with E-state index in [0.29, 0.717) is 26.1 Å². The summed E-state index contributed by atoms with van der Waals surface area (Å²) in [4.78, 5) is 35.4. The zero-order chi connectivity index (χ0) is 24.6. The summed E-state index contributed by atoms with van der Waals surface area (Å²) in [6.07, 6.45) is 2.79. The minimum Gasteiger partial charge on any atom is -0.378 e. The van der Waals surface area contributed by atoms with Crippen LogP contribution in [0, 0.1) is 0 Å². The Kier molecular flexibility index (Phi) is 8.63. The van der Waals surface area contributed by atoms with Crippen molar-refractivity contribution in [2.75, 3.05) is 31.2 Å². The van der Waals surface area contributed by atoms with Crippen LogP contribution < -0.4 is 15.5 Å². The second-order valence-electron chi connectivity index (χ2n) is 8.20. The second-order valence-corrected chi connectivity index (χ2v) is 8.98. The third-order valence-corrected chi connectivity index (χ3v) is 6.48. The molecule has 35 heavy (non-hydrogen) atoms. The molecule has 3 N–H and O–H groups in total. The quantitative estimate of drug-likeness (QED) is 0.404. The van der Waals surface area contributed by atoms with Crippen molar-refractivity contribution < 1.29 is 14.3 Å². The summed E-state index contributed by atoms with van der Waals surface area (Å²) in [5, 5.41) is 6.21. The largest absolute Gasteiger partial charge is 0.378 e. The lowest BCUT2D eigenvalue weighted by Crippen LogP contribution is -2.47. The predicted molar refractivity (Wildman–Crippen MR) is 136 cm³/mol. The number of halogens is 2. The van der Waals surface area contributed by atoms with Crippen molar-refractivity contribution in [1.29, 1.82) is 0 Å². The Morgan fingerprint density at radius 2 is 1.89 bits per heavy atom. The molecule has 1 saturated heterocycles. The molecule has 2 amide bonds. The number of H-pyrrole nitrogens is 1. The number of aromatic nitrogens is 2. The van der Waals surface area contributed by atoms with Crippen LogP contribution in [0.2, 0.25) is 10.2 Å². The Morgan fingerprint density at radius 1 is 1.11 bits per heavy atom. The van der Waals surface area contributed by atoms with E-state index in [-0.39, 0.29) is 28.3 Å². The molecule has 2 aromatic heterocycles. The fourth-order valence-electron chi connectivity index (χ4n) is 3.92. The molecule has 1 fully saturated rings. The smallest absolute Gasteiger partial charge is 0.268 e. The van der Waals surface area contributed by atoms with Gasteiger partial charge in [-0.05, 0) is 30.5 Å². The van der Waals surface area contributed by atoms with Crippen molar-refractivity contribution >= 4 is 40.8 Å². The molecule has 3 heterocycles. The number of nitrogens with one attached hydrogen (secondary N) is 3. The van der Waals surface area contributed by atoms with Gasteiger partial charge in [0, 0.05) is 31.4 Å². The third kappa shape index (κ3) is 6.75. The Bertz CT molecular complexity index is 1130. The van der Waals surface area contributed by atoms with E-state index in [9.17, 15) is 9.59 Å². The molecule has 0 bridgehead atoms. The Balaban J connectivity index is 1.45. The lowest BCUT2D eigenvalue weighted by molar-refractivity contribution is -0.123. The van der Waals surface area contributed by atoms with Crippen LogP contribution in [0.25, 0.3) is 0 Å². The molecule has 1 unspecified atom stereocenters. The lowest BCUT2D eigenvalue weighted by atomic mass is 10.0. The Labute approximate surface area is 214 Å². The van der Waals surface area contributed by atoms with Crippen molar-refractivity contribution in [2.24, 2.45) is 0 Å². The number of benzene rings is 1. The maximum Gasteiger partial charge on any atom is 0.268 e. The zero-order valence-electron chi connectivity index (χ0n) is 19.1. The number of aromatic amines is 1. The molecular weight excluding hydrogens is 489 g/mol. The van der Waals surface area contributed by atoms with E-state index < -0.39 is 11.9 Å². The predicted octanol–water partition coefficient (Wildman–Crippen LogP) is 3.60. The van der Waals surface area contributed by atoms with Gasteiger partial charge < -0.3 is 25.3 Å². The van der Waals surface area contributed by atoms with Gasteiger partial charge in [0.25, 0.3) is 5.91 Å². The average Bonchev–Trinajstić information content (AvgIpc) is 3.24. The first-order valence-corrected chi connectivity index (χ1v) is 12.2. The Hall–Kier alpha value is -3.07. The highest BCUT2D eigenvalue weighted by Gasteiger charge is 2.23. The van der Waals surface area contributed by atoms with Gasteiger partial charge in [-0.2, -0.15) is 0 Å². The van der Waals surface area contributed by atoms with E-state index >= 15 is 0 Å². The third-order valence-electron chi connectivity index (χ3n) is 5.79. The molecule has 0 aliphatic carbocycles. The van der Waals surface area contributed by atoms with Gasteiger partial charge in [-0.3, -0.25) is 9.59 Å². The van der Waals surface area contributed by atoms with E-state index in [0.717, 1.165) is 30.0 Å². The molecule has 10 heteroatoms. The van der Waals surface area contributed by atoms with E-state index in [4.69, 9.17) is 27.9 Å². The minimum absolute atomic E-state index is 0.175. The van der Waals surface area contributed by atoms with Crippen LogP contribution in [0.3, 0.4) is 0 Å². The fraction of sp³-hybridized carbons (Fsp3) is 0.320. The van der Waals surface area contributed by atoms with Crippen molar-refractivity contribution in [3.05, 3.63) is 81.7 Å². The average molecular weight is 516 g/mol. The molecular formula is C25H27Cl2N5O3. The summed E-state index contributed by atoms with van der Waals surface area (Å²) in [7, 11) is 0. The number of nitrogens with zero attached hydrogens (tertiary/aromatic N) is 2.